The van der Waals surface area contributed by atoms with Gasteiger partial charge in [0.1, 0.15) is 0 Å². The fourth-order valence-electron chi connectivity index (χ4n) is 17.9. The summed E-state index contributed by atoms with van der Waals surface area (Å²) in [5.41, 5.74) is 21.9. The summed E-state index contributed by atoms with van der Waals surface area (Å²) in [6.07, 6.45) is 0. The summed E-state index contributed by atoms with van der Waals surface area (Å²) in [6, 6.07) is 63.3. The van der Waals surface area contributed by atoms with Crippen LogP contribution in [0.4, 0.5) is 34.1 Å². The zero-order valence-corrected chi connectivity index (χ0v) is 68.7. The molecule has 0 spiro atoms. The quantitative estimate of drug-likeness (QED) is 0.149. The molecule has 0 atom stereocenters. The SMILES string of the molecule is [2H]c1c([2H])c([2H])c(-c2ccc3c(c2)N(c2cccc4c2oc2c(-n5c6ccc(C(C)(C)C)cc6c6cc(C(C)(C)C)ccc65)cccc24)c2cc(-c4cc(C(C)(C)C)cc(C(C)(C)C)c4)cc4c2B3c2cc(-c3cc(C(C)(C)C)cc(C(C)(C)C)c3)ccc2N4c2cccc3c2oc2c(-n4c5c([2H])c([2H])c([2H])c([2H])c5c5c([2H])c([2H])c([2H])c([2H])c54)cccc23)c([2H])c1[2H]. The highest BCUT2D eigenvalue weighted by Gasteiger charge is 2.46. The number of rotatable bonds is 7. The van der Waals surface area contributed by atoms with Crippen molar-refractivity contribution in [3.63, 3.8) is 0 Å². The van der Waals surface area contributed by atoms with Gasteiger partial charge in [0, 0.05) is 65.8 Å². The molecule has 6 heterocycles. The van der Waals surface area contributed by atoms with E-state index in [-0.39, 0.29) is 83.2 Å². The van der Waals surface area contributed by atoms with Crippen molar-refractivity contribution in [3.8, 4) is 44.8 Å². The van der Waals surface area contributed by atoms with Gasteiger partial charge in [0.25, 0.3) is 6.71 Å². The molecule has 18 aromatic rings. The topological polar surface area (TPSA) is 42.6 Å². The third kappa shape index (κ3) is 11.5. The maximum Gasteiger partial charge on any atom is 0.252 e. The third-order valence-corrected chi connectivity index (χ3v) is 24.3. The third-order valence-electron chi connectivity index (χ3n) is 24.3. The largest absolute Gasteiger partial charge is 0.452 e. The second kappa shape index (κ2) is 25.2. The second-order valence-electron chi connectivity index (χ2n) is 38.1. The van der Waals surface area contributed by atoms with Crippen LogP contribution in [0.25, 0.3) is 132 Å². The van der Waals surface area contributed by atoms with Gasteiger partial charge in [-0.1, -0.05) is 312 Å². The molecule has 20 rings (SSSR count). The molecule has 0 unspecified atom stereocenters. The summed E-state index contributed by atoms with van der Waals surface area (Å²) in [7, 11) is 0. The highest BCUT2D eigenvalue weighted by atomic mass is 16.3. The molecule has 0 saturated carbocycles. The van der Waals surface area contributed by atoms with E-state index in [1.165, 1.54) is 26.8 Å². The van der Waals surface area contributed by atoms with E-state index >= 15 is 0 Å². The predicted molar refractivity (Wildman–Crippen MR) is 492 cm³/mol. The lowest BCUT2D eigenvalue weighted by atomic mass is 9.33. The van der Waals surface area contributed by atoms with E-state index in [1.54, 1.807) is 6.07 Å². The van der Waals surface area contributed by atoms with Gasteiger partial charge in [-0.2, -0.15) is 0 Å². The highest BCUT2D eigenvalue weighted by molar-refractivity contribution is 7.00. The average molecular weight is 1510 g/mol. The van der Waals surface area contributed by atoms with Crippen molar-refractivity contribution >= 4 is 145 Å². The van der Waals surface area contributed by atoms with E-state index in [2.05, 4.69) is 291 Å². The van der Waals surface area contributed by atoms with Crippen molar-refractivity contribution < 1.29 is 26.7 Å². The number of nitrogens with zero attached hydrogens (tertiary/aromatic N) is 4. The van der Waals surface area contributed by atoms with Crippen LogP contribution >= 0.6 is 0 Å². The molecule has 4 aromatic heterocycles. The molecule has 0 amide bonds. The molecule has 7 heteroatoms. The second-order valence-corrected chi connectivity index (χ2v) is 38.1. The Balaban J connectivity index is 0.937. The van der Waals surface area contributed by atoms with Gasteiger partial charge in [0.05, 0.1) is 62.6 Å². The fraction of sp³-hybridized carbons (Fsp3) is 0.222. The van der Waals surface area contributed by atoms with Gasteiger partial charge in [-0.25, -0.2) is 0 Å². The van der Waals surface area contributed by atoms with E-state index in [1.807, 2.05) is 36.4 Å². The van der Waals surface area contributed by atoms with E-state index in [4.69, 9.17) is 15.7 Å². The molecule has 0 saturated heterocycles. The minimum absolute atomic E-state index is 0.0362. The van der Waals surface area contributed by atoms with Gasteiger partial charge >= 0.3 is 0 Å². The maximum atomic E-state index is 9.74. The molecule has 0 bridgehead atoms. The van der Waals surface area contributed by atoms with Crippen molar-refractivity contribution in [3.05, 3.63) is 306 Å². The van der Waals surface area contributed by atoms with Crippen LogP contribution < -0.4 is 26.2 Å². The van der Waals surface area contributed by atoms with Crippen LogP contribution in [0.2, 0.25) is 0 Å². The first-order valence-electron chi connectivity index (χ1n) is 46.7. The number of furan rings is 2. The number of hydrogen-bond acceptors (Lipinski definition) is 4. The van der Waals surface area contributed by atoms with Gasteiger partial charge in [0.2, 0.25) is 0 Å². The predicted octanol–water partition coefficient (Wildman–Crippen LogP) is 28.5. The Morgan fingerprint density at radius 3 is 1.06 bits per heavy atom. The van der Waals surface area contributed by atoms with E-state index in [0.717, 1.165) is 105 Å². The maximum absolute atomic E-state index is 9.74. The molecule has 115 heavy (non-hydrogen) atoms. The van der Waals surface area contributed by atoms with Crippen molar-refractivity contribution in [1.82, 2.24) is 9.13 Å². The number of hydrogen-bond donors (Lipinski definition) is 0. The molecular weight excluding hydrogens is 1400 g/mol. The van der Waals surface area contributed by atoms with E-state index < -0.39 is 73.2 Å². The van der Waals surface area contributed by atoms with Crippen LogP contribution in [0.5, 0.6) is 0 Å². The lowest BCUT2D eigenvalue weighted by Crippen LogP contribution is -2.61. The summed E-state index contributed by atoms with van der Waals surface area (Å²) < 4.78 is 141. The first-order valence-corrected chi connectivity index (χ1v) is 40.2. The molecule has 0 N–H and O–H groups in total. The van der Waals surface area contributed by atoms with Crippen LogP contribution in [-0.4, -0.2) is 15.8 Å². The van der Waals surface area contributed by atoms with Gasteiger partial charge in [-0.05, 0) is 201 Å². The lowest BCUT2D eigenvalue weighted by molar-refractivity contribution is 0.568. The van der Waals surface area contributed by atoms with Crippen LogP contribution in [0.15, 0.2) is 282 Å². The Labute approximate surface area is 694 Å². The molecule has 6 nitrogen and oxygen atoms in total. The number of benzene rings is 14. The fourth-order valence-corrected chi connectivity index (χ4v) is 17.9. The smallest absolute Gasteiger partial charge is 0.252 e. The molecule has 2 aliphatic rings. The van der Waals surface area contributed by atoms with Crippen LogP contribution in [0.3, 0.4) is 0 Å². The summed E-state index contributed by atoms with van der Waals surface area (Å²) in [4.78, 5) is 4.61. The van der Waals surface area contributed by atoms with Gasteiger partial charge < -0.3 is 27.8 Å². The molecular formula is C108H99BN4O2. The minimum Gasteiger partial charge on any atom is -0.452 e. The van der Waals surface area contributed by atoms with Gasteiger partial charge in [-0.3, -0.25) is 0 Å². The number of anilines is 6. The van der Waals surface area contributed by atoms with E-state index in [0.29, 0.717) is 50.1 Å². The van der Waals surface area contributed by atoms with Crippen LogP contribution in [0, 0.1) is 0 Å². The summed E-state index contributed by atoms with van der Waals surface area (Å²) in [6.45, 7) is 39.8. The first-order chi connectivity index (χ1) is 60.2. The monoisotopic (exact) mass is 1510 g/mol. The zero-order chi connectivity index (χ0) is 91.0. The molecule has 2 aliphatic heterocycles. The summed E-state index contributed by atoms with van der Waals surface area (Å²) in [5, 5.41) is 5.19. The zero-order valence-electron chi connectivity index (χ0n) is 81.7. The molecule has 14 aromatic carbocycles. The molecule has 0 aliphatic carbocycles. The van der Waals surface area contributed by atoms with Gasteiger partial charge in [0.15, 0.2) is 22.3 Å². The van der Waals surface area contributed by atoms with Crippen molar-refractivity contribution in [1.29, 1.82) is 0 Å². The Kier molecular flexibility index (Phi) is 12.9. The van der Waals surface area contributed by atoms with Crippen LogP contribution in [-0.2, 0) is 32.5 Å². The normalized spacial score (nSPS) is 15.2. The molecule has 0 fully saturated rings. The molecule has 566 valence electrons. The average Bonchev–Trinajstić information content (AvgIpc) is 1.07. The first kappa shape index (κ1) is 58.8. The highest BCUT2D eigenvalue weighted by Crippen LogP contribution is 2.54. The van der Waals surface area contributed by atoms with Crippen molar-refractivity contribution in [2.24, 2.45) is 0 Å². The standard InChI is InChI=1S/C108H99BN4O2/c1-103(2,3)70-46-50-88-82(62-70)83-63-71(104(4,5)6)47-51-89(83)111(88)92-41-27-35-79-81-37-29-43-94(102(81)115-100(79)92)113-95-57-66(64-30-20-19-21-31-64)44-48-84(95)109-85-56-65(67-52-72(105(7,8)9)60-73(53-67)106(10,11)12)45-49-90(85)112(96-58-69(59-97(113)98(96)109)68-54-74(107(13,14)15)61-75(55-68)108(16,17)18)93-42-28-36-80-78-34-26-40-91(99(78)114-101(80)93)110-86-38-24-22-32-76(86)77-33-23-25-39-87(77)110/h19-63H,1-18H3/i19D,20D,21D,22D,23D,24D,25D,30D,31D,32D,33D,38D,39D. The summed E-state index contributed by atoms with van der Waals surface area (Å²) in [5.74, 6) is 0. The lowest BCUT2D eigenvalue weighted by Gasteiger charge is -2.44. The van der Waals surface area contributed by atoms with Crippen LogP contribution in [0.1, 0.15) is 176 Å². The Morgan fingerprint density at radius 1 is 0.243 bits per heavy atom. The number of fused-ring (bicyclic) bond motifs is 16. The number of aromatic nitrogens is 2. The summed E-state index contributed by atoms with van der Waals surface area (Å²) >= 11 is 0. The van der Waals surface area contributed by atoms with Crippen molar-refractivity contribution in [2.45, 2.75) is 157 Å². The number of para-hydroxylation sites is 6. The molecule has 0 radical (unpaired) electrons. The minimum atomic E-state index is -0.620. The Bertz CT molecular complexity index is 7720. The van der Waals surface area contributed by atoms with E-state index in [9.17, 15) is 11.0 Å². The Morgan fingerprint density at radius 2 is 0.609 bits per heavy atom. The Hall–Kier alpha value is -12.1. The van der Waals surface area contributed by atoms with Crippen molar-refractivity contribution in [2.75, 3.05) is 9.80 Å². The van der Waals surface area contributed by atoms with Gasteiger partial charge in [-0.15, -0.1) is 0 Å².